The van der Waals surface area contributed by atoms with Crippen LogP contribution in [0.15, 0.2) is 16.6 Å². The normalized spacial score (nSPS) is 27.8. The zero-order chi connectivity index (χ0) is 13.6. The van der Waals surface area contributed by atoms with Crippen LogP contribution in [0.2, 0.25) is 5.02 Å². The van der Waals surface area contributed by atoms with Gasteiger partial charge in [0.25, 0.3) is 0 Å². The van der Waals surface area contributed by atoms with Gasteiger partial charge in [0.2, 0.25) is 0 Å². The Kier molecular flexibility index (Phi) is 3.80. The first-order valence-corrected chi connectivity index (χ1v) is 8.19. The molecule has 1 aliphatic carbocycles. The number of hydrogen-bond donors (Lipinski definition) is 1. The van der Waals surface area contributed by atoms with Gasteiger partial charge in [0.05, 0.1) is 5.69 Å². The molecule has 3 rings (SSSR count). The van der Waals surface area contributed by atoms with Crippen LogP contribution in [0.3, 0.4) is 0 Å². The fraction of sp³-hybridized carbons (Fsp3) is 0.600. The predicted octanol–water partition coefficient (Wildman–Crippen LogP) is 4.45. The van der Waals surface area contributed by atoms with E-state index in [0.717, 1.165) is 33.3 Å². The minimum absolute atomic E-state index is 0.533. The van der Waals surface area contributed by atoms with Crippen molar-refractivity contribution in [2.24, 2.45) is 0 Å². The van der Waals surface area contributed by atoms with Crippen LogP contribution in [0, 0.1) is 6.92 Å². The van der Waals surface area contributed by atoms with Gasteiger partial charge in [0, 0.05) is 34.2 Å². The maximum absolute atomic E-state index is 6.22. The van der Waals surface area contributed by atoms with Crippen LogP contribution in [-0.2, 0) is 0 Å². The van der Waals surface area contributed by atoms with E-state index in [0.29, 0.717) is 12.1 Å². The molecule has 2 aliphatic rings. The van der Waals surface area contributed by atoms with Gasteiger partial charge < -0.3 is 5.32 Å². The maximum atomic E-state index is 6.22. The molecular formula is C15H20BrClN2. The van der Waals surface area contributed by atoms with Gasteiger partial charge in [-0.25, -0.2) is 0 Å². The molecule has 0 amide bonds. The minimum Gasteiger partial charge on any atom is -0.380 e. The Morgan fingerprint density at radius 1 is 1.37 bits per heavy atom. The summed E-state index contributed by atoms with van der Waals surface area (Å²) < 4.78 is 1.10. The molecule has 1 aliphatic heterocycles. The van der Waals surface area contributed by atoms with Crippen molar-refractivity contribution < 1.29 is 0 Å². The minimum atomic E-state index is 0.533. The summed E-state index contributed by atoms with van der Waals surface area (Å²) in [6.45, 7) is 5.53. The molecule has 0 aromatic heterocycles. The zero-order valence-electron chi connectivity index (χ0n) is 11.4. The standard InChI is InChI=1S/C15H20BrClN2/c1-9-5-13(16)15(7-14(9)17)18-11-6-10(2)19(8-11)12-3-4-12/h5,7,10-12,18H,3-4,6,8H2,1-2H3. The first-order chi connectivity index (χ1) is 9.04. The van der Waals surface area contributed by atoms with Crippen molar-refractivity contribution in [2.45, 2.75) is 51.2 Å². The van der Waals surface area contributed by atoms with E-state index in [4.69, 9.17) is 11.6 Å². The lowest BCUT2D eigenvalue weighted by Crippen LogP contribution is -2.31. The molecule has 4 heteroatoms. The number of hydrogen-bond acceptors (Lipinski definition) is 2. The Hall–Kier alpha value is -0.250. The van der Waals surface area contributed by atoms with E-state index in [2.05, 4.69) is 39.1 Å². The van der Waals surface area contributed by atoms with E-state index in [1.54, 1.807) is 0 Å². The van der Waals surface area contributed by atoms with Crippen LogP contribution in [-0.4, -0.2) is 29.6 Å². The number of nitrogens with one attached hydrogen (secondary N) is 1. The van der Waals surface area contributed by atoms with E-state index >= 15 is 0 Å². The molecule has 1 saturated heterocycles. The molecule has 2 unspecified atom stereocenters. The molecule has 2 fully saturated rings. The van der Waals surface area contributed by atoms with Crippen LogP contribution in [0.1, 0.15) is 31.7 Å². The highest BCUT2D eigenvalue weighted by molar-refractivity contribution is 9.10. The Morgan fingerprint density at radius 2 is 2.11 bits per heavy atom. The molecule has 1 saturated carbocycles. The monoisotopic (exact) mass is 342 g/mol. The van der Waals surface area contributed by atoms with Gasteiger partial charge in [-0.15, -0.1) is 0 Å². The van der Waals surface area contributed by atoms with E-state index in [-0.39, 0.29) is 0 Å². The maximum Gasteiger partial charge on any atom is 0.0502 e. The first kappa shape index (κ1) is 13.7. The van der Waals surface area contributed by atoms with E-state index in [1.807, 2.05) is 13.0 Å². The number of rotatable bonds is 3. The second-order valence-electron chi connectivity index (χ2n) is 5.94. The molecule has 19 heavy (non-hydrogen) atoms. The third kappa shape index (κ3) is 2.93. The number of anilines is 1. The molecule has 0 bridgehead atoms. The van der Waals surface area contributed by atoms with Crippen LogP contribution >= 0.6 is 27.5 Å². The molecule has 2 nitrogen and oxygen atoms in total. The Labute approximate surface area is 128 Å². The Bertz CT molecular complexity index is 487. The topological polar surface area (TPSA) is 15.3 Å². The quantitative estimate of drug-likeness (QED) is 0.872. The lowest BCUT2D eigenvalue weighted by Gasteiger charge is -2.20. The fourth-order valence-electron chi connectivity index (χ4n) is 3.05. The number of halogens is 2. The molecule has 1 N–H and O–H groups in total. The predicted molar refractivity (Wildman–Crippen MR) is 85.1 cm³/mol. The summed E-state index contributed by atoms with van der Waals surface area (Å²) in [5.41, 5.74) is 2.23. The molecule has 104 valence electrons. The lowest BCUT2D eigenvalue weighted by atomic mass is 10.1. The summed E-state index contributed by atoms with van der Waals surface area (Å²) in [7, 11) is 0. The third-order valence-electron chi connectivity index (χ3n) is 4.25. The summed E-state index contributed by atoms with van der Waals surface area (Å²) in [5, 5.41) is 4.48. The van der Waals surface area contributed by atoms with E-state index < -0.39 is 0 Å². The highest BCUT2D eigenvalue weighted by atomic mass is 79.9. The number of nitrogens with zero attached hydrogens (tertiary/aromatic N) is 1. The summed E-state index contributed by atoms with van der Waals surface area (Å²) in [4.78, 5) is 2.65. The largest absolute Gasteiger partial charge is 0.380 e. The number of likely N-dealkylation sites (tertiary alicyclic amines) is 1. The van der Waals surface area contributed by atoms with E-state index in [9.17, 15) is 0 Å². The molecule has 1 heterocycles. The summed E-state index contributed by atoms with van der Waals surface area (Å²) in [6, 6.07) is 6.20. The average Bonchev–Trinajstić information content (AvgIpc) is 3.11. The highest BCUT2D eigenvalue weighted by Gasteiger charge is 2.38. The molecule has 1 aromatic rings. The average molecular weight is 344 g/mol. The van der Waals surface area contributed by atoms with Crippen molar-refractivity contribution in [1.82, 2.24) is 4.90 Å². The zero-order valence-corrected chi connectivity index (χ0v) is 13.8. The fourth-order valence-corrected chi connectivity index (χ4v) is 3.79. The molecule has 2 atom stereocenters. The molecular weight excluding hydrogens is 324 g/mol. The van der Waals surface area contributed by atoms with Crippen molar-refractivity contribution in [3.63, 3.8) is 0 Å². The number of benzene rings is 1. The molecule has 1 aromatic carbocycles. The summed E-state index contributed by atoms with van der Waals surface area (Å²) in [5.74, 6) is 0. The van der Waals surface area contributed by atoms with Crippen LogP contribution in [0.4, 0.5) is 5.69 Å². The van der Waals surface area contributed by atoms with Crippen molar-refractivity contribution in [2.75, 3.05) is 11.9 Å². The van der Waals surface area contributed by atoms with Gasteiger partial charge in [0.1, 0.15) is 0 Å². The van der Waals surface area contributed by atoms with Crippen molar-refractivity contribution >= 4 is 33.2 Å². The second kappa shape index (κ2) is 5.27. The summed E-state index contributed by atoms with van der Waals surface area (Å²) in [6.07, 6.45) is 3.99. The molecule has 0 spiro atoms. The van der Waals surface area contributed by atoms with Crippen LogP contribution < -0.4 is 5.32 Å². The summed E-state index contributed by atoms with van der Waals surface area (Å²) >= 11 is 9.84. The lowest BCUT2D eigenvalue weighted by molar-refractivity contribution is 0.257. The van der Waals surface area contributed by atoms with Crippen LogP contribution in [0.25, 0.3) is 0 Å². The van der Waals surface area contributed by atoms with Gasteiger partial charge in [-0.05, 0) is 66.7 Å². The van der Waals surface area contributed by atoms with Crippen LogP contribution in [0.5, 0.6) is 0 Å². The number of aryl methyl sites for hydroxylation is 1. The smallest absolute Gasteiger partial charge is 0.0502 e. The Morgan fingerprint density at radius 3 is 2.79 bits per heavy atom. The first-order valence-electron chi connectivity index (χ1n) is 7.02. The highest BCUT2D eigenvalue weighted by Crippen LogP contribution is 2.35. The van der Waals surface area contributed by atoms with Gasteiger partial charge in [-0.1, -0.05) is 11.6 Å². The Balaban J connectivity index is 1.70. The van der Waals surface area contributed by atoms with Crippen molar-refractivity contribution in [1.29, 1.82) is 0 Å². The van der Waals surface area contributed by atoms with Gasteiger partial charge in [-0.3, -0.25) is 4.90 Å². The van der Waals surface area contributed by atoms with E-state index in [1.165, 1.54) is 19.3 Å². The van der Waals surface area contributed by atoms with Crippen molar-refractivity contribution in [3.8, 4) is 0 Å². The second-order valence-corrected chi connectivity index (χ2v) is 7.20. The van der Waals surface area contributed by atoms with Gasteiger partial charge in [0.15, 0.2) is 0 Å². The third-order valence-corrected chi connectivity index (χ3v) is 5.31. The van der Waals surface area contributed by atoms with Gasteiger partial charge in [-0.2, -0.15) is 0 Å². The SMILES string of the molecule is Cc1cc(Br)c(NC2CC(C)N(C3CC3)C2)cc1Cl. The van der Waals surface area contributed by atoms with Crippen molar-refractivity contribution in [3.05, 3.63) is 27.2 Å². The molecule has 0 radical (unpaired) electrons. The van der Waals surface area contributed by atoms with Gasteiger partial charge >= 0.3 is 0 Å².